The fourth-order valence-electron chi connectivity index (χ4n) is 2.43. The molecule has 3 aromatic rings. The number of rotatable bonds is 7. The molecule has 1 aromatic heterocycles. The molecule has 1 N–H and O–H groups in total. The number of benzene rings is 2. The van der Waals surface area contributed by atoms with Gasteiger partial charge in [-0.3, -0.25) is 9.59 Å². The molecule has 9 heteroatoms. The van der Waals surface area contributed by atoms with E-state index >= 15 is 0 Å². The van der Waals surface area contributed by atoms with E-state index in [9.17, 15) is 14.4 Å². The molecule has 2 aromatic carbocycles. The van der Waals surface area contributed by atoms with Crippen LogP contribution < -0.4 is 15.8 Å². The normalized spacial score (nSPS) is 11.5. The third-order valence-electron chi connectivity index (χ3n) is 3.94. The number of hydrogen-bond donors (Lipinski definition) is 1. The molecule has 3 rings (SSSR count). The van der Waals surface area contributed by atoms with Crippen LogP contribution in [0.3, 0.4) is 0 Å². The van der Waals surface area contributed by atoms with E-state index in [1.807, 2.05) is 6.07 Å². The van der Waals surface area contributed by atoms with Crippen LogP contribution in [0.25, 0.3) is 11.5 Å². The zero-order valence-electron chi connectivity index (χ0n) is 15.8. The molecule has 0 saturated heterocycles. The third-order valence-corrected chi connectivity index (χ3v) is 3.94. The number of carbonyl (C=O) groups is 2. The Morgan fingerprint density at radius 2 is 1.83 bits per heavy atom. The number of aromatic nitrogens is 2. The van der Waals surface area contributed by atoms with Gasteiger partial charge >= 0.3 is 11.7 Å². The molecule has 0 radical (unpaired) electrons. The molecule has 0 unspecified atom stereocenters. The van der Waals surface area contributed by atoms with Crippen LogP contribution in [0.4, 0.5) is 5.69 Å². The Morgan fingerprint density at radius 3 is 2.48 bits per heavy atom. The van der Waals surface area contributed by atoms with Gasteiger partial charge in [-0.25, -0.2) is 4.79 Å². The lowest BCUT2D eigenvalue weighted by atomic mass is 10.2. The van der Waals surface area contributed by atoms with Crippen molar-refractivity contribution in [2.24, 2.45) is 0 Å². The van der Waals surface area contributed by atoms with Crippen molar-refractivity contribution in [1.29, 1.82) is 0 Å². The van der Waals surface area contributed by atoms with Crippen molar-refractivity contribution < 1.29 is 23.5 Å². The highest BCUT2D eigenvalue weighted by Gasteiger charge is 2.20. The van der Waals surface area contributed by atoms with Gasteiger partial charge in [0.25, 0.3) is 5.91 Å². The van der Waals surface area contributed by atoms with E-state index in [4.69, 9.17) is 13.9 Å². The maximum atomic E-state index is 12.2. The summed E-state index contributed by atoms with van der Waals surface area (Å²) in [5.74, 6) is -1.36. The molecule has 150 valence electrons. The van der Waals surface area contributed by atoms with Crippen molar-refractivity contribution >= 4 is 17.6 Å². The van der Waals surface area contributed by atoms with E-state index in [1.54, 1.807) is 48.5 Å². The van der Waals surface area contributed by atoms with E-state index in [1.165, 1.54) is 14.0 Å². The average molecular weight is 397 g/mol. The second kappa shape index (κ2) is 8.87. The summed E-state index contributed by atoms with van der Waals surface area (Å²) in [5, 5.41) is 6.61. The number of anilines is 1. The van der Waals surface area contributed by atoms with Crippen LogP contribution >= 0.6 is 0 Å². The molecule has 29 heavy (non-hydrogen) atoms. The molecule has 0 saturated carbocycles. The number of methoxy groups -OCH3 is 1. The number of nitrogens with zero attached hydrogens (tertiary/aromatic N) is 2. The van der Waals surface area contributed by atoms with Gasteiger partial charge in [0.1, 0.15) is 12.3 Å². The smallest absolute Gasteiger partial charge is 0.437 e. The van der Waals surface area contributed by atoms with Gasteiger partial charge in [0.2, 0.25) is 5.89 Å². The molecule has 9 nitrogen and oxygen atoms in total. The van der Waals surface area contributed by atoms with E-state index in [-0.39, 0.29) is 5.89 Å². The number of esters is 1. The largest absolute Gasteiger partial charge is 0.497 e. The van der Waals surface area contributed by atoms with Crippen LogP contribution in [0.1, 0.15) is 6.92 Å². The van der Waals surface area contributed by atoms with Crippen LogP contribution in [-0.2, 0) is 20.9 Å². The first-order valence-corrected chi connectivity index (χ1v) is 8.74. The first-order chi connectivity index (χ1) is 14.0. The molecule has 0 aliphatic carbocycles. The Balaban J connectivity index is 1.57. The lowest BCUT2D eigenvalue weighted by Gasteiger charge is -2.13. The zero-order valence-corrected chi connectivity index (χ0v) is 15.8. The summed E-state index contributed by atoms with van der Waals surface area (Å²) >= 11 is 0. The second-order valence-electron chi connectivity index (χ2n) is 6.05. The quantitative estimate of drug-likeness (QED) is 0.607. The SMILES string of the molecule is COc1ccc(NC(=O)[C@H](C)OC(=O)Cn2nc(-c3ccccc3)oc2=O)cc1. The lowest BCUT2D eigenvalue weighted by Crippen LogP contribution is -2.32. The summed E-state index contributed by atoms with van der Waals surface area (Å²) in [6.07, 6.45) is -1.07. The van der Waals surface area contributed by atoms with Crippen molar-refractivity contribution in [2.45, 2.75) is 19.6 Å². The fourth-order valence-corrected chi connectivity index (χ4v) is 2.43. The highest BCUT2D eigenvalue weighted by atomic mass is 16.5. The van der Waals surface area contributed by atoms with Crippen molar-refractivity contribution in [3.8, 4) is 17.2 Å². The van der Waals surface area contributed by atoms with Crippen molar-refractivity contribution in [2.75, 3.05) is 12.4 Å². The molecule has 0 bridgehead atoms. The molecule has 0 aliphatic heterocycles. The maximum absolute atomic E-state index is 12.2. The first-order valence-electron chi connectivity index (χ1n) is 8.74. The van der Waals surface area contributed by atoms with Crippen LogP contribution in [0.15, 0.2) is 63.8 Å². The van der Waals surface area contributed by atoms with Gasteiger partial charge in [-0.1, -0.05) is 18.2 Å². The predicted octanol–water partition coefficient (Wildman–Crippen LogP) is 2.08. The topological polar surface area (TPSA) is 113 Å². The molecule has 0 spiro atoms. The summed E-state index contributed by atoms with van der Waals surface area (Å²) < 4.78 is 16.0. The van der Waals surface area contributed by atoms with Crippen LogP contribution in [0.2, 0.25) is 0 Å². The summed E-state index contributed by atoms with van der Waals surface area (Å²) in [5.41, 5.74) is 1.13. The standard InChI is InChI=1S/C20H19N3O6/c1-13(18(25)21-15-8-10-16(27-2)11-9-15)28-17(24)12-23-20(26)29-19(22-23)14-6-4-3-5-7-14/h3-11,13H,12H2,1-2H3,(H,21,25)/t13-/m0/s1. The first kappa shape index (κ1) is 19.9. The summed E-state index contributed by atoms with van der Waals surface area (Å²) in [6.45, 7) is 0.951. The van der Waals surface area contributed by atoms with Crippen molar-refractivity contribution in [3.63, 3.8) is 0 Å². The van der Waals surface area contributed by atoms with E-state index < -0.39 is 30.3 Å². The minimum atomic E-state index is -1.07. The van der Waals surface area contributed by atoms with Crippen LogP contribution in [-0.4, -0.2) is 34.9 Å². The summed E-state index contributed by atoms with van der Waals surface area (Å²) in [6, 6.07) is 15.5. The molecule has 1 amide bonds. The number of nitrogens with one attached hydrogen (secondary N) is 1. The minimum absolute atomic E-state index is 0.0914. The van der Waals surface area contributed by atoms with Gasteiger partial charge in [0.05, 0.1) is 7.11 Å². The van der Waals surface area contributed by atoms with E-state index in [0.29, 0.717) is 17.0 Å². The minimum Gasteiger partial charge on any atom is -0.497 e. The zero-order chi connectivity index (χ0) is 20.8. The molecular weight excluding hydrogens is 378 g/mol. The van der Waals surface area contributed by atoms with Crippen molar-refractivity contribution in [3.05, 3.63) is 65.1 Å². The highest BCUT2D eigenvalue weighted by molar-refractivity contribution is 5.95. The number of ether oxygens (including phenoxy) is 2. The number of carbonyl (C=O) groups excluding carboxylic acids is 2. The van der Waals surface area contributed by atoms with E-state index in [0.717, 1.165) is 4.68 Å². The third kappa shape index (κ3) is 5.10. The maximum Gasteiger partial charge on any atom is 0.437 e. The predicted molar refractivity (Wildman–Crippen MR) is 103 cm³/mol. The molecular formula is C20H19N3O6. The lowest BCUT2D eigenvalue weighted by molar-refractivity contribution is -0.154. The Morgan fingerprint density at radius 1 is 1.14 bits per heavy atom. The molecule has 0 fully saturated rings. The van der Waals surface area contributed by atoms with Gasteiger partial charge in [0, 0.05) is 11.3 Å². The van der Waals surface area contributed by atoms with E-state index in [2.05, 4.69) is 10.4 Å². The monoisotopic (exact) mass is 397 g/mol. The number of amides is 1. The Labute approximate surface area is 165 Å². The molecule has 1 heterocycles. The summed E-state index contributed by atoms with van der Waals surface area (Å²) in [4.78, 5) is 36.2. The van der Waals surface area contributed by atoms with Crippen LogP contribution in [0.5, 0.6) is 5.75 Å². The Bertz CT molecular complexity index is 1040. The van der Waals surface area contributed by atoms with Crippen LogP contribution in [0, 0.1) is 0 Å². The average Bonchev–Trinajstić information content (AvgIpc) is 3.09. The highest BCUT2D eigenvalue weighted by Crippen LogP contribution is 2.16. The number of hydrogen-bond acceptors (Lipinski definition) is 7. The van der Waals surface area contributed by atoms with Crippen molar-refractivity contribution in [1.82, 2.24) is 9.78 Å². The molecule has 0 aliphatic rings. The van der Waals surface area contributed by atoms with Gasteiger partial charge < -0.3 is 19.2 Å². The Kier molecular flexibility index (Phi) is 6.08. The van der Waals surface area contributed by atoms with Gasteiger partial charge in [-0.05, 0) is 43.3 Å². The fraction of sp³-hybridized carbons (Fsp3) is 0.200. The van der Waals surface area contributed by atoms with Gasteiger partial charge in [-0.2, -0.15) is 4.68 Å². The van der Waals surface area contributed by atoms with Gasteiger partial charge in [0.15, 0.2) is 6.10 Å². The molecule has 1 atom stereocenters. The Hall–Kier alpha value is -3.88. The second-order valence-corrected chi connectivity index (χ2v) is 6.05. The van der Waals surface area contributed by atoms with Gasteiger partial charge in [-0.15, -0.1) is 5.10 Å². The summed E-state index contributed by atoms with van der Waals surface area (Å²) in [7, 11) is 1.54.